The van der Waals surface area contributed by atoms with E-state index in [4.69, 9.17) is 11.6 Å². The van der Waals surface area contributed by atoms with Gasteiger partial charge in [0.05, 0.1) is 34.5 Å². The molecule has 192 valence electrons. The molecule has 8 nitrogen and oxygen atoms in total. The van der Waals surface area contributed by atoms with Crippen LogP contribution in [-0.4, -0.2) is 14.5 Å². The topological polar surface area (TPSA) is 123 Å². The molecule has 38 heavy (non-hydrogen) atoms. The second kappa shape index (κ2) is 9.16. The van der Waals surface area contributed by atoms with Gasteiger partial charge in [0.25, 0.3) is 5.56 Å². The number of hydrogen-bond donors (Lipinski definition) is 3. The predicted octanol–water partition coefficient (Wildman–Crippen LogP) is 4.49. The van der Waals surface area contributed by atoms with Crippen molar-refractivity contribution in [3.8, 4) is 16.9 Å². The number of nitrogens with one attached hydrogen (secondary N) is 1. The van der Waals surface area contributed by atoms with Gasteiger partial charge in [-0.1, -0.05) is 36.4 Å². The highest BCUT2D eigenvalue weighted by atomic mass is 19.4. The fraction of sp³-hybridized carbons (Fsp3) is 0.0385. The lowest BCUT2D eigenvalue weighted by Gasteiger charge is -2.23. The maximum atomic E-state index is 14.0. The van der Waals surface area contributed by atoms with Gasteiger partial charge in [0, 0.05) is 22.5 Å². The van der Waals surface area contributed by atoms with Gasteiger partial charge in [-0.3, -0.25) is 14.8 Å². The number of H-pyrrole nitrogens is 1. The SMILES string of the molecule is Nc1ccccc1N(N)c1c(-c2ccc(F)c(C(F)(F)F)c2)[nH]c(=O)n(-c2cncc3ccccc23)c1=O. The number of rotatable bonds is 4. The normalized spacial score (nSPS) is 11.6. The summed E-state index contributed by atoms with van der Waals surface area (Å²) in [7, 11) is 0. The molecule has 0 amide bonds. The van der Waals surface area contributed by atoms with E-state index in [0.717, 1.165) is 15.6 Å². The first kappa shape index (κ1) is 24.7. The van der Waals surface area contributed by atoms with Gasteiger partial charge in [-0.25, -0.2) is 19.6 Å². The second-order valence-corrected chi connectivity index (χ2v) is 8.30. The lowest BCUT2D eigenvalue weighted by molar-refractivity contribution is -0.139. The first-order chi connectivity index (χ1) is 18.1. The molecule has 0 saturated heterocycles. The fourth-order valence-electron chi connectivity index (χ4n) is 4.18. The summed E-state index contributed by atoms with van der Waals surface area (Å²) in [5.41, 5.74) is 1.87. The highest BCUT2D eigenvalue weighted by Crippen LogP contribution is 2.36. The lowest BCUT2D eigenvalue weighted by Crippen LogP contribution is -2.41. The molecule has 12 heteroatoms. The van der Waals surface area contributed by atoms with Crippen LogP contribution in [-0.2, 0) is 6.18 Å². The number of nitrogen functional groups attached to an aromatic ring is 1. The van der Waals surface area contributed by atoms with E-state index in [2.05, 4.69) is 9.97 Å². The smallest absolute Gasteiger partial charge is 0.397 e. The average molecular weight is 522 g/mol. The Balaban J connectivity index is 1.86. The Morgan fingerprint density at radius 2 is 1.66 bits per heavy atom. The molecule has 5 N–H and O–H groups in total. The molecule has 0 atom stereocenters. The Hall–Kier alpha value is -4.97. The van der Waals surface area contributed by atoms with Crippen LogP contribution < -0.4 is 27.8 Å². The summed E-state index contributed by atoms with van der Waals surface area (Å²) >= 11 is 0. The van der Waals surface area contributed by atoms with Crippen LogP contribution in [0.3, 0.4) is 0 Å². The van der Waals surface area contributed by atoms with Crippen molar-refractivity contribution in [2.45, 2.75) is 6.18 Å². The summed E-state index contributed by atoms with van der Waals surface area (Å²) in [5, 5.41) is 2.01. The standard InChI is InChI=1S/C26H18F4N6O2/c27-18-10-9-14(11-17(18)26(28,29)30)22-23(36(32)20-8-4-3-7-19(20)31)24(37)35(25(38)34-22)21-13-33-12-15-5-1-2-6-16(15)21/h1-13H,31-32H2,(H,34,38). The number of aromatic amines is 1. The number of pyridine rings is 1. The molecule has 0 aliphatic heterocycles. The zero-order valence-corrected chi connectivity index (χ0v) is 19.3. The fourth-order valence-corrected chi connectivity index (χ4v) is 4.18. The highest BCUT2D eigenvalue weighted by Gasteiger charge is 2.35. The van der Waals surface area contributed by atoms with Crippen LogP contribution in [0.1, 0.15) is 5.56 Å². The summed E-state index contributed by atoms with van der Waals surface area (Å²) in [6.07, 6.45) is -2.18. The average Bonchev–Trinajstić information content (AvgIpc) is 2.88. The van der Waals surface area contributed by atoms with Crippen LogP contribution in [0.25, 0.3) is 27.7 Å². The van der Waals surface area contributed by atoms with Gasteiger partial charge in [0.2, 0.25) is 0 Å². The van der Waals surface area contributed by atoms with E-state index in [-0.39, 0.29) is 28.3 Å². The number of hydrogen-bond acceptors (Lipinski definition) is 6. The van der Waals surface area contributed by atoms with E-state index in [1.165, 1.54) is 18.3 Å². The Bertz CT molecular complexity index is 1810. The minimum Gasteiger partial charge on any atom is -0.397 e. The monoisotopic (exact) mass is 522 g/mol. The molecule has 3 aromatic carbocycles. The molecule has 0 aliphatic rings. The van der Waals surface area contributed by atoms with E-state index in [9.17, 15) is 27.2 Å². The molecule has 5 rings (SSSR count). The quantitative estimate of drug-likeness (QED) is 0.138. The van der Waals surface area contributed by atoms with Gasteiger partial charge in [-0.05, 0) is 30.3 Å². The number of anilines is 3. The zero-order chi connectivity index (χ0) is 27.2. The number of benzene rings is 3. The van der Waals surface area contributed by atoms with Gasteiger partial charge >= 0.3 is 11.9 Å². The summed E-state index contributed by atoms with van der Waals surface area (Å²) in [6, 6.07) is 15.2. The molecule has 0 bridgehead atoms. The second-order valence-electron chi connectivity index (χ2n) is 8.30. The van der Waals surface area contributed by atoms with Gasteiger partial charge in [-0.15, -0.1) is 0 Å². The number of fused-ring (bicyclic) bond motifs is 1. The van der Waals surface area contributed by atoms with Gasteiger partial charge in [-0.2, -0.15) is 13.2 Å². The largest absolute Gasteiger partial charge is 0.419 e. The molecular weight excluding hydrogens is 504 g/mol. The number of aromatic nitrogens is 3. The van der Waals surface area contributed by atoms with E-state index >= 15 is 0 Å². The van der Waals surface area contributed by atoms with E-state index in [1.807, 2.05) is 0 Å². The van der Waals surface area contributed by atoms with Crippen LogP contribution in [0.15, 0.2) is 88.7 Å². The molecule has 0 fully saturated rings. The molecular formula is C26H18F4N6O2. The van der Waals surface area contributed by atoms with Crippen molar-refractivity contribution >= 4 is 27.8 Å². The van der Waals surface area contributed by atoms with Gasteiger partial charge in [0.15, 0.2) is 0 Å². The number of alkyl halides is 3. The van der Waals surface area contributed by atoms with Crippen molar-refractivity contribution in [2.24, 2.45) is 5.84 Å². The van der Waals surface area contributed by atoms with Crippen molar-refractivity contribution in [1.29, 1.82) is 0 Å². The molecule has 2 aromatic heterocycles. The van der Waals surface area contributed by atoms with Gasteiger partial charge < -0.3 is 10.7 Å². The number of nitrogens with two attached hydrogens (primary N) is 2. The maximum Gasteiger partial charge on any atom is 0.419 e. The Labute approximate surface area is 211 Å². The molecule has 0 radical (unpaired) electrons. The number of halogens is 4. The molecule has 0 saturated carbocycles. The van der Waals surface area contributed by atoms with Crippen LogP contribution in [0.2, 0.25) is 0 Å². The van der Waals surface area contributed by atoms with Crippen molar-refractivity contribution in [3.63, 3.8) is 0 Å². The Morgan fingerprint density at radius 1 is 0.947 bits per heavy atom. The van der Waals surface area contributed by atoms with Crippen LogP contribution in [0.5, 0.6) is 0 Å². The molecule has 0 unspecified atom stereocenters. The van der Waals surface area contributed by atoms with Crippen LogP contribution in [0.4, 0.5) is 34.6 Å². The van der Waals surface area contributed by atoms with Crippen molar-refractivity contribution in [1.82, 2.24) is 14.5 Å². The number of para-hydroxylation sites is 2. The molecule has 2 heterocycles. The summed E-state index contributed by atoms with van der Waals surface area (Å²) in [4.78, 5) is 33.8. The lowest BCUT2D eigenvalue weighted by atomic mass is 10.0. The minimum atomic E-state index is -5.03. The van der Waals surface area contributed by atoms with E-state index < -0.39 is 34.5 Å². The van der Waals surface area contributed by atoms with Crippen molar-refractivity contribution < 1.29 is 17.6 Å². The predicted molar refractivity (Wildman–Crippen MR) is 136 cm³/mol. The van der Waals surface area contributed by atoms with Crippen LogP contribution in [0, 0.1) is 5.82 Å². The first-order valence-electron chi connectivity index (χ1n) is 11.1. The minimum absolute atomic E-state index is 0.117. The third-order valence-electron chi connectivity index (χ3n) is 5.96. The third kappa shape index (κ3) is 4.16. The van der Waals surface area contributed by atoms with E-state index in [1.54, 1.807) is 42.6 Å². The van der Waals surface area contributed by atoms with Crippen molar-refractivity contribution in [3.05, 3.63) is 111 Å². The summed E-state index contributed by atoms with van der Waals surface area (Å²) < 4.78 is 55.2. The zero-order valence-electron chi connectivity index (χ0n) is 19.3. The first-order valence-corrected chi connectivity index (χ1v) is 11.1. The Morgan fingerprint density at radius 3 is 2.39 bits per heavy atom. The summed E-state index contributed by atoms with van der Waals surface area (Å²) in [5.74, 6) is 4.81. The Kier molecular flexibility index (Phi) is 5.96. The third-order valence-corrected chi connectivity index (χ3v) is 5.96. The molecule has 0 spiro atoms. The molecule has 0 aliphatic carbocycles. The summed E-state index contributed by atoms with van der Waals surface area (Å²) in [6.45, 7) is 0. The van der Waals surface area contributed by atoms with Crippen molar-refractivity contribution in [2.75, 3.05) is 10.7 Å². The molecule has 5 aromatic rings. The van der Waals surface area contributed by atoms with E-state index in [0.29, 0.717) is 22.9 Å². The number of hydrazine groups is 1. The van der Waals surface area contributed by atoms with Crippen LogP contribution >= 0.6 is 0 Å². The van der Waals surface area contributed by atoms with Gasteiger partial charge in [0.1, 0.15) is 11.5 Å². The highest BCUT2D eigenvalue weighted by molar-refractivity contribution is 5.89. The number of nitrogens with zero attached hydrogens (tertiary/aromatic N) is 3. The maximum absolute atomic E-state index is 14.0.